The lowest BCUT2D eigenvalue weighted by Crippen LogP contribution is -2.44. The molecule has 0 heterocycles. The lowest BCUT2D eigenvalue weighted by Gasteiger charge is -2.23. The van der Waals surface area contributed by atoms with Crippen LogP contribution >= 0.6 is 0 Å². The van der Waals surface area contributed by atoms with E-state index in [2.05, 4.69) is 15.5 Å². The maximum Gasteiger partial charge on any atom is 0.438 e. The number of rotatable bonds is 8. The summed E-state index contributed by atoms with van der Waals surface area (Å²) >= 11 is 0. The fourth-order valence-electron chi connectivity index (χ4n) is 1.44. The summed E-state index contributed by atoms with van der Waals surface area (Å²) in [4.78, 5) is 26.1. The second kappa shape index (κ2) is 10.2. The van der Waals surface area contributed by atoms with E-state index >= 15 is 0 Å². The molecule has 2 unspecified atom stereocenters. The minimum absolute atomic E-state index is 0.00804. The molecule has 0 aromatic heterocycles. The molecule has 0 aliphatic rings. The van der Waals surface area contributed by atoms with Crippen LogP contribution in [0.25, 0.3) is 0 Å². The molecule has 3 atom stereocenters. The van der Waals surface area contributed by atoms with Crippen molar-refractivity contribution in [2.75, 3.05) is 13.7 Å². The Morgan fingerprint density at radius 3 is 2.19 bits per heavy atom. The molecule has 8 nitrogen and oxygen atoms in total. The third-order valence-corrected chi connectivity index (χ3v) is 3.33. The highest BCUT2D eigenvalue weighted by Crippen LogP contribution is 2.05. The van der Waals surface area contributed by atoms with Crippen LogP contribution in [0.2, 0.25) is 0 Å². The summed E-state index contributed by atoms with van der Waals surface area (Å²) in [6, 6.07) is -0.446. The van der Waals surface area contributed by atoms with Crippen LogP contribution in [0.3, 0.4) is 0 Å². The average Bonchev–Trinajstić information content (AvgIpc) is 2.44. The van der Waals surface area contributed by atoms with E-state index in [1.54, 1.807) is 6.92 Å². The smallest absolute Gasteiger partial charge is 0.438 e. The molecular formula is C13H26N2O6. The molecule has 0 aromatic carbocycles. The molecule has 0 spiro atoms. The third kappa shape index (κ3) is 8.36. The summed E-state index contributed by atoms with van der Waals surface area (Å²) in [5, 5.41) is 13.4. The van der Waals surface area contributed by atoms with Crippen molar-refractivity contribution in [3.63, 3.8) is 0 Å². The Kier molecular flexibility index (Phi) is 9.48. The Labute approximate surface area is 125 Å². The van der Waals surface area contributed by atoms with E-state index in [0.717, 1.165) is 0 Å². The van der Waals surface area contributed by atoms with Crippen molar-refractivity contribution in [2.24, 2.45) is 5.92 Å². The number of methoxy groups -OCH3 is 1. The molecule has 2 amide bonds. The largest absolute Gasteiger partial charge is 0.449 e. The molecule has 0 bridgehead atoms. The molecule has 0 aliphatic heterocycles. The minimum atomic E-state index is -0.984. The Bertz CT molecular complexity index is 324. The van der Waals surface area contributed by atoms with Crippen molar-refractivity contribution in [1.82, 2.24) is 10.6 Å². The number of alkyl carbamates (subject to hydrolysis) is 1. The number of carbonyl (C=O) groups excluding carboxylic acids is 2. The Hall–Kier alpha value is -1.54. The van der Waals surface area contributed by atoms with Gasteiger partial charge in [0.25, 0.3) is 0 Å². The second-order valence-corrected chi connectivity index (χ2v) is 5.17. The highest BCUT2D eigenvalue weighted by Gasteiger charge is 2.21. The summed E-state index contributed by atoms with van der Waals surface area (Å²) in [6.07, 6.45) is -1.50. The number of amides is 2. The monoisotopic (exact) mass is 306 g/mol. The van der Waals surface area contributed by atoms with Gasteiger partial charge in [0.2, 0.25) is 0 Å². The van der Waals surface area contributed by atoms with Gasteiger partial charge in [-0.3, -0.25) is 4.89 Å². The van der Waals surface area contributed by atoms with Crippen molar-refractivity contribution < 1.29 is 29.2 Å². The Morgan fingerprint density at radius 2 is 1.71 bits per heavy atom. The lowest BCUT2D eigenvalue weighted by atomic mass is 10.1. The molecule has 3 N–H and O–H groups in total. The fourth-order valence-corrected chi connectivity index (χ4v) is 1.44. The van der Waals surface area contributed by atoms with E-state index < -0.39 is 18.2 Å². The number of nitrogens with one attached hydrogen (secondary N) is 2. The predicted molar refractivity (Wildman–Crippen MR) is 75.9 cm³/mol. The van der Waals surface area contributed by atoms with Gasteiger partial charge in [0.15, 0.2) is 0 Å². The van der Waals surface area contributed by atoms with Gasteiger partial charge in [0.1, 0.15) is 0 Å². The molecule has 0 radical (unpaired) electrons. The van der Waals surface area contributed by atoms with E-state index in [1.165, 1.54) is 7.11 Å². The van der Waals surface area contributed by atoms with Crippen molar-refractivity contribution in [2.45, 2.75) is 52.3 Å². The van der Waals surface area contributed by atoms with E-state index in [0.29, 0.717) is 12.3 Å². The predicted octanol–water partition coefficient (Wildman–Crippen LogP) is 1.75. The molecule has 0 saturated heterocycles. The number of hydrogen-bond acceptors (Lipinski definition) is 6. The zero-order chi connectivity index (χ0) is 16.4. The number of carbonyl (C=O) groups is 2. The first-order valence-electron chi connectivity index (χ1n) is 6.89. The Morgan fingerprint density at radius 1 is 1.10 bits per heavy atom. The SMILES string of the molecule is COC(C)C(CCOC(=O)N[C@@H](C)C(C)C)NC(=O)OO. The Balaban J connectivity index is 4.18. The van der Waals surface area contributed by atoms with Gasteiger partial charge in [-0.15, -0.1) is 0 Å². The molecule has 0 fully saturated rings. The maximum absolute atomic E-state index is 11.5. The minimum Gasteiger partial charge on any atom is -0.449 e. The van der Waals surface area contributed by atoms with E-state index in [-0.39, 0.29) is 18.8 Å². The second-order valence-electron chi connectivity index (χ2n) is 5.17. The summed E-state index contributed by atoms with van der Waals surface area (Å²) in [6.45, 7) is 7.71. The van der Waals surface area contributed by atoms with Gasteiger partial charge in [-0.2, -0.15) is 5.26 Å². The van der Waals surface area contributed by atoms with Crippen LogP contribution in [0.4, 0.5) is 9.59 Å². The van der Waals surface area contributed by atoms with E-state index in [4.69, 9.17) is 14.7 Å². The fraction of sp³-hybridized carbons (Fsp3) is 0.846. The lowest BCUT2D eigenvalue weighted by molar-refractivity contribution is -0.179. The van der Waals surface area contributed by atoms with Gasteiger partial charge in [0.05, 0.1) is 18.8 Å². The zero-order valence-corrected chi connectivity index (χ0v) is 13.2. The van der Waals surface area contributed by atoms with Gasteiger partial charge in [-0.25, -0.2) is 9.59 Å². The number of hydrogen-bond donors (Lipinski definition) is 3. The molecular weight excluding hydrogens is 280 g/mol. The standard InChI is InChI=1S/C13H26N2O6/c1-8(2)9(3)14-12(16)20-7-6-11(10(4)19-5)15-13(17)21-18/h8-11,18H,6-7H2,1-5H3,(H,14,16)(H,15,17)/t9-,10?,11?/m0/s1. The molecule has 0 saturated carbocycles. The van der Waals surface area contributed by atoms with Crippen LogP contribution in [0.5, 0.6) is 0 Å². The normalized spacial score (nSPS) is 15.0. The van der Waals surface area contributed by atoms with Crippen molar-refractivity contribution in [1.29, 1.82) is 0 Å². The first-order chi connectivity index (χ1) is 9.81. The molecule has 0 aromatic rings. The van der Waals surface area contributed by atoms with E-state index in [1.807, 2.05) is 20.8 Å². The van der Waals surface area contributed by atoms with Crippen LogP contribution in [-0.2, 0) is 14.4 Å². The van der Waals surface area contributed by atoms with Crippen LogP contribution in [0, 0.1) is 5.92 Å². The molecule has 124 valence electrons. The molecule has 21 heavy (non-hydrogen) atoms. The highest BCUT2D eigenvalue weighted by molar-refractivity contribution is 5.67. The van der Waals surface area contributed by atoms with Crippen LogP contribution in [-0.4, -0.2) is 49.3 Å². The van der Waals surface area contributed by atoms with Crippen LogP contribution in [0.15, 0.2) is 0 Å². The summed E-state index contributed by atoms with van der Waals surface area (Å²) in [5.74, 6) is 0.305. The van der Waals surface area contributed by atoms with Crippen LogP contribution < -0.4 is 10.6 Å². The third-order valence-electron chi connectivity index (χ3n) is 3.33. The zero-order valence-electron chi connectivity index (χ0n) is 13.2. The summed E-state index contributed by atoms with van der Waals surface area (Å²) < 4.78 is 10.1. The van der Waals surface area contributed by atoms with Gasteiger partial charge in [0, 0.05) is 19.6 Å². The molecule has 8 heteroatoms. The quantitative estimate of drug-likeness (QED) is 0.466. The summed E-state index contributed by atoms with van der Waals surface area (Å²) in [7, 11) is 1.49. The first-order valence-corrected chi connectivity index (χ1v) is 6.89. The molecule has 0 rings (SSSR count). The highest BCUT2D eigenvalue weighted by atomic mass is 17.1. The van der Waals surface area contributed by atoms with Gasteiger partial charge < -0.3 is 20.1 Å². The summed E-state index contributed by atoms with van der Waals surface area (Å²) in [5.41, 5.74) is 0. The van der Waals surface area contributed by atoms with E-state index in [9.17, 15) is 9.59 Å². The topological polar surface area (TPSA) is 106 Å². The van der Waals surface area contributed by atoms with Gasteiger partial charge >= 0.3 is 12.2 Å². The van der Waals surface area contributed by atoms with Crippen molar-refractivity contribution in [3.05, 3.63) is 0 Å². The van der Waals surface area contributed by atoms with Crippen molar-refractivity contribution in [3.8, 4) is 0 Å². The number of ether oxygens (including phenoxy) is 2. The molecule has 0 aliphatic carbocycles. The average molecular weight is 306 g/mol. The van der Waals surface area contributed by atoms with Gasteiger partial charge in [-0.1, -0.05) is 13.8 Å². The van der Waals surface area contributed by atoms with Crippen LogP contribution in [0.1, 0.15) is 34.1 Å². The first kappa shape index (κ1) is 19.5. The van der Waals surface area contributed by atoms with Gasteiger partial charge in [-0.05, 0) is 19.8 Å². The maximum atomic E-state index is 11.5. The van der Waals surface area contributed by atoms with Crippen molar-refractivity contribution >= 4 is 12.2 Å².